The van der Waals surface area contributed by atoms with Gasteiger partial charge in [0.1, 0.15) is 6.61 Å². The van der Waals surface area contributed by atoms with Gasteiger partial charge in [-0.2, -0.15) is 0 Å². The summed E-state index contributed by atoms with van der Waals surface area (Å²) < 4.78 is 5.36. The molecule has 0 radical (unpaired) electrons. The molecule has 1 aliphatic heterocycles. The highest BCUT2D eigenvalue weighted by molar-refractivity contribution is 5.77. The van der Waals surface area contributed by atoms with Crippen molar-refractivity contribution in [1.29, 1.82) is 0 Å². The van der Waals surface area contributed by atoms with Gasteiger partial charge in [0.15, 0.2) is 0 Å². The third kappa shape index (κ3) is 5.74. The Morgan fingerprint density at radius 1 is 1.53 bits per heavy atom. The van der Waals surface area contributed by atoms with Gasteiger partial charge in [-0.25, -0.2) is 0 Å². The molecule has 1 fully saturated rings. The van der Waals surface area contributed by atoms with Gasteiger partial charge in [0.05, 0.1) is 6.61 Å². The summed E-state index contributed by atoms with van der Waals surface area (Å²) in [6, 6.07) is 0.442. The van der Waals surface area contributed by atoms with Crippen LogP contribution in [-0.4, -0.2) is 38.3 Å². The molecule has 0 aromatic carbocycles. The molecule has 1 amide bonds. The van der Waals surface area contributed by atoms with Crippen LogP contribution < -0.4 is 10.6 Å². The molecule has 88 valence electrons. The predicted octanol–water partition coefficient (Wildman–Crippen LogP) is 0.671. The van der Waals surface area contributed by atoms with Gasteiger partial charge in [-0.05, 0) is 25.8 Å². The van der Waals surface area contributed by atoms with Crippen molar-refractivity contribution < 1.29 is 9.53 Å². The van der Waals surface area contributed by atoms with Gasteiger partial charge in [0.2, 0.25) is 5.91 Å². The van der Waals surface area contributed by atoms with E-state index < -0.39 is 0 Å². The molecule has 0 bridgehead atoms. The lowest BCUT2D eigenvalue weighted by atomic mass is 10.1. The number of amides is 1. The van der Waals surface area contributed by atoms with E-state index >= 15 is 0 Å². The smallest absolute Gasteiger partial charge is 0.245 e. The van der Waals surface area contributed by atoms with E-state index in [1.807, 2.05) is 6.92 Å². The average Bonchev–Trinajstić information content (AvgIpc) is 2.28. The third-order valence-corrected chi connectivity index (χ3v) is 2.54. The molecule has 1 saturated heterocycles. The van der Waals surface area contributed by atoms with Crippen LogP contribution in [0.2, 0.25) is 0 Å². The molecule has 4 nitrogen and oxygen atoms in total. The van der Waals surface area contributed by atoms with Crippen LogP contribution in [-0.2, 0) is 9.53 Å². The van der Waals surface area contributed by atoms with Crippen LogP contribution in [0.15, 0.2) is 0 Å². The van der Waals surface area contributed by atoms with E-state index in [0.717, 1.165) is 25.9 Å². The first kappa shape index (κ1) is 12.5. The van der Waals surface area contributed by atoms with Crippen LogP contribution in [0.5, 0.6) is 0 Å². The predicted molar refractivity (Wildman–Crippen MR) is 59.8 cm³/mol. The minimum atomic E-state index is -0.00680. The second kappa shape index (κ2) is 7.65. The van der Waals surface area contributed by atoms with Crippen molar-refractivity contribution >= 4 is 5.91 Å². The Morgan fingerprint density at radius 3 is 3.07 bits per heavy atom. The summed E-state index contributed by atoms with van der Waals surface area (Å²) in [6.45, 7) is 4.70. The van der Waals surface area contributed by atoms with Crippen molar-refractivity contribution in [2.75, 3.05) is 26.3 Å². The number of carbonyl (C=O) groups is 1. The van der Waals surface area contributed by atoms with Gasteiger partial charge in [0.25, 0.3) is 0 Å². The molecule has 15 heavy (non-hydrogen) atoms. The summed E-state index contributed by atoms with van der Waals surface area (Å²) in [5.41, 5.74) is 0. The Bertz CT molecular complexity index is 179. The summed E-state index contributed by atoms with van der Waals surface area (Å²) >= 11 is 0. The number of hydrogen-bond donors (Lipinski definition) is 2. The molecule has 0 spiro atoms. The molecule has 1 unspecified atom stereocenters. The fourth-order valence-corrected chi connectivity index (χ4v) is 1.68. The number of hydrogen-bond acceptors (Lipinski definition) is 3. The van der Waals surface area contributed by atoms with Crippen molar-refractivity contribution in [3.8, 4) is 0 Å². The molecule has 2 N–H and O–H groups in total. The van der Waals surface area contributed by atoms with Gasteiger partial charge in [-0.1, -0.05) is 13.3 Å². The highest BCUT2D eigenvalue weighted by atomic mass is 16.5. The quantitative estimate of drug-likeness (QED) is 0.683. The first-order valence-corrected chi connectivity index (χ1v) is 5.90. The normalized spacial score (nSPS) is 21.3. The largest absolute Gasteiger partial charge is 0.370 e. The SMILES string of the molecule is CCCNC(=O)COCC1CCCCN1. The maximum Gasteiger partial charge on any atom is 0.245 e. The summed E-state index contributed by atoms with van der Waals surface area (Å²) in [7, 11) is 0. The second-order valence-electron chi connectivity index (χ2n) is 4.01. The Kier molecular flexibility index (Phi) is 6.36. The van der Waals surface area contributed by atoms with Gasteiger partial charge in [-0.3, -0.25) is 4.79 Å². The maximum absolute atomic E-state index is 11.2. The lowest BCUT2D eigenvalue weighted by molar-refractivity contribution is -0.125. The minimum Gasteiger partial charge on any atom is -0.370 e. The summed E-state index contributed by atoms with van der Waals surface area (Å²) in [4.78, 5) is 11.2. The van der Waals surface area contributed by atoms with Crippen LogP contribution in [0, 0.1) is 0 Å². The Hall–Kier alpha value is -0.610. The Balaban J connectivity index is 1.97. The van der Waals surface area contributed by atoms with E-state index in [4.69, 9.17) is 4.74 Å². The zero-order valence-electron chi connectivity index (χ0n) is 9.55. The van der Waals surface area contributed by atoms with Gasteiger partial charge in [-0.15, -0.1) is 0 Å². The fourth-order valence-electron chi connectivity index (χ4n) is 1.68. The Morgan fingerprint density at radius 2 is 2.40 bits per heavy atom. The van der Waals surface area contributed by atoms with Crippen molar-refractivity contribution in [3.63, 3.8) is 0 Å². The van der Waals surface area contributed by atoms with Gasteiger partial charge < -0.3 is 15.4 Å². The number of nitrogens with one attached hydrogen (secondary N) is 2. The Labute approximate surface area is 91.8 Å². The maximum atomic E-state index is 11.2. The molecule has 4 heteroatoms. The number of carbonyl (C=O) groups excluding carboxylic acids is 1. The van der Waals surface area contributed by atoms with Crippen LogP contribution in [0.3, 0.4) is 0 Å². The topological polar surface area (TPSA) is 50.4 Å². The zero-order valence-corrected chi connectivity index (χ0v) is 9.55. The van der Waals surface area contributed by atoms with Crippen molar-refractivity contribution in [1.82, 2.24) is 10.6 Å². The standard InChI is InChI=1S/C11H22N2O2/c1-2-6-13-11(14)9-15-8-10-5-3-4-7-12-10/h10,12H,2-9H2,1H3,(H,13,14). The second-order valence-corrected chi connectivity index (χ2v) is 4.01. The number of piperidine rings is 1. The van der Waals surface area contributed by atoms with Crippen molar-refractivity contribution in [3.05, 3.63) is 0 Å². The summed E-state index contributed by atoms with van der Waals surface area (Å²) in [6.07, 6.45) is 4.66. The molecule has 0 aromatic heterocycles. The molecule has 1 atom stereocenters. The molecule has 0 aromatic rings. The van der Waals surface area contributed by atoms with Crippen LogP contribution in [0.1, 0.15) is 32.6 Å². The molecular formula is C11H22N2O2. The van der Waals surface area contributed by atoms with Crippen LogP contribution in [0.4, 0.5) is 0 Å². The lowest BCUT2D eigenvalue weighted by Gasteiger charge is -2.22. The molecule has 1 aliphatic rings. The number of rotatable bonds is 6. The van der Waals surface area contributed by atoms with E-state index in [9.17, 15) is 4.79 Å². The van der Waals surface area contributed by atoms with Gasteiger partial charge in [0, 0.05) is 12.6 Å². The number of ether oxygens (including phenoxy) is 1. The molecule has 0 saturated carbocycles. The van der Waals surface area contributed by atoms with Crippen molar-refractivity contribution in [2.24, 2.45) is 0 Å². The third-order valence-electron chi connectivity index (χ3n) is 2.54. The lowest BCUT2D eigenvalue weighted by Crippen LogP contribution is -2.38. The first-order valence-electron chi connectivity index (χ1n) is 5.90. The van der Waals surface area contributed by atoms with E-state index in [0.29, 0.717) is 12.6 Å². The molecule has 1 rings (SSSR count). The average molecular weight is 214 g/mol. The van der Waals surface area contributed by atoms with Gasteiger partial charge >= 0.3 is 0 Å². The van der Waals surface area contributed by atoms with Crippen LogP contribution in [0.25, 0.3) is 0 Å². The van der Waals surface area contributed by atoms with E-state index in [1.54, 1.807) is 0 Å². The monoisotopic (exact) mass is 214 g/mol. The summed E-state index contributed by atoms with van der Waals surface area (Å²) in [5.74, 6) is -0.00680. The van der Waals surface area contributed by atoms with Crippen LogP contribution >= 0.6 is 0 Å². The fraction of sp³-hybridized carbons (Fsp3) is 0.909. The molecule has 0 aliphatic carbocycles. The first-order chi connectivity index (χ1) is 7.33. The van der Waals surface area contributed by atoms with E-state index in [2.05, 4.69) is 10.6 Å². The van der Waals surface area contributed by atoms with E-state index in [1.165, 1.54) is 12.8 Å². The molecular weight excluding hydrogens is 192 g/mol. The summed E-state index contributed by atoms with van der Waals surface area (Å²) in [5, 5.41) is 6.16. The zero-order chi connectivity index (χ0) is 10.9. The highest BCUT2D eigenvalue weighted by Crippen LogP contribution is 2.06. The van der Waals surface area contributed by atoms with Crippen molar-refractivity contribution in [2.45, 2.75) is 38.6 Å². The molecule has 1 heterocycles. The highest BCUT2D eigenvalue weighted by Gasteiger charge is 2.12. The minimum absolute atomic E-state index is 0.00680. The van der Waals surface area contributed by atoms with E-state index in [-0.39, 0.29) is 12.5 Å².